The normalized spacial score (nSPS) is 11.9. The van der Waals surface area contributed by atoms with Crippen LogP contribution in [0.2, 0.25) is 0 Å². The maximum atomic E-state index is 13.5. The molecule has 3 aromatic carbocycles. The molecule has 0 amide bonds. The molecule has 0 aliphatic rings. The zero-order valence-corrected chi connectivity index (χ0v) is 25.5. The van der Waals surface area contributed by atoms with Gasteiger partial charge in [0.05, 0.1) is 22.0 Å². The fourth-order valence-corrected chi connectivity index (χ4v) is 5.16. The van der Waals surface area contributed by atoms with Crippen LogP contribution in [0.4, 0.5) is 5.69 Å². The Kier molecular flexibility index (Phi) is 7.83. The second-order valence-electron chi connectivity index (χ2n) is 11.1. The fourth-order valence-electron chi connectivity index (χ4n) is 4.79. The molecule has 5 aromatic rings. The number of nitro benzene ring substituents is 1. The molecule has 5 rings (SSSR count). The lowest BCUT2D eigenvalue weighted by Crippen LogP contribution is -2.29. The van der Waals surface area contributed by atoms with Gasteiger partial charge in [-0.05, 0) is 67.9 Å². The first-order valence-electron chi connectivity index (χ1n) is 13.3. The van der Waals surface area contributed by atoms with Crippen molar-refractivity contribution < 1.29 is 9.66 Å². The standard InChI is InChI=1S/C32H30BrN5O4/c1-20-15-23(18-34-37-30(39)28-17-24(33)9-14-29(28)35-31(37)32(3,4)5)21(2)36(20)25-10-12-27(13-11-25)42-19-22-7-6-8-26(16-22)38(40)41/h6-18H,19H2,1-5H3. The van der Waals surface area contributed by atoms with Crippen LogP contribution >= 0.6 is 15.9 Å². The summed E-state index contributed by atoms with van der Waals surface area (Å²) in [7, 11) is 0. The first-order chi connectivity index (χ1) is 19.9. The third-order valence-corrected chi connectivity index (χ3v) is 7.38. The Hall–Kier alpha value is -4.57. The number of aryl methyl sites for hydroxylation is 1. The van der Waals surface area contributed by atoms with Gasteiger partial charge in [-0.2, -0.15) is 9.78 Å². The van der Waals surface area contributed by atoms with E-state index in [9.17, 15) is 14.9 Å². The second kappa shape index (κ2) is 11.4. The largest absolute Gasteiger partial charge is 0.489 e. The number of fused-ring (bicyclic) bond motifs is 1. The van der Waals surface area contributed by atoms with Gasteiger partial charge in [0.2, 0.25) is 0 Å². The quantitative estimate of drug-likeness (QED) is 0.107. The molecule has 0 fully saturated rings. The Morgan fingerprint density at radius 2 is 1.79 bits per heavy atom. The van der Waals surface area contributed by atoms with Crippen molar-refractivity contribution in [3.8, 4) is 11.4 Å². The molecular weight excluding hydrogens is 598 g/mol. The molecule has 214 valence electrons. The summed E-state index contributed by atoms with van der Waals surface area (Å²) >= 11 is 3.45. The molecule has 0 N–H and O–H groups in total. The van der Waals surface area contributed by atoms with E-state index in [1.54, 1.807) is 24.4 Å². The van der Waals surface area contributed by atoms with Crippen LogP contribution in [0.5, 0.6) is 5.75 Å². The van der Waals surface area contributed by atoms with Gasteiger partial charge >= 0.3 is 0 Å². The molecular formula is C32H30BrN5O4. The molecule has 0 aliphatic carbocycles. The third kappa shape index (κ3) is 5.89. The van der Waals surface area contributed by atoms with Gasteiger partial charge in [0.15, 0.2) is 0 Å². The van der Waals surface area contributed by atoms with Gasteiger partial charge in [-0.25, -0.2) is 4.98 Å². The highest BCUT2D eigenvalue weighted by atomic mass is 79.9. The maximum Gasteiger partial charge on any atom is 0.282 e. The summed E-state index contributed by atoms with van der Waals surface area (Å²) in [5, 5.41) is 16.2. The number of aromatic nitrogens is 3. The predicted molar refractivity (Wildman–Crippen MR) is 168 cm³/mol. The molecule has 0 aliphatic heterocycles. The minimum atomic E-state index is -0.418. The minimum absolute atomic E-state index is 0.0359. The monoisotopic (exact) mass is 627 g/mol. The van der Waals surface area contributed by atoms with Crippen molar-refractivity contribution in [1.82, 2.24) is 14.2 Å². The summed E-state index contributed by atoms with van der Waals surface area (Å²) in [4.78, 5) is 28.9. The van der Waals surface area contributed by atoms with E-state index < -0.39 is 10.3 Å². The summed E-state index contributed by atoms with van der Waals surface area (Å²) in [6, 6.07) is 21.6. The van der Waals surface area contributed by atoms with Gasteiger partial charge in [-0.15, -0.1) is 0 Å². The smallest absolute Gasteiger partial charge is 0.282 e. The van der Waals surface area contributed by atoms with Crippen LogP contribution in [0.15, 0.2) is 87.2 Å². The predicted octanol–water partition coefficient (Wildman–Crippen LogP) is 7.23. The van der Waals surface area contributed by atoms with E-state index in [0.717, 1.165) is 32.7 Å². The SMILES string of the molecule is Cc1cc(C=Nn2c(C(C)(C)C)nc3ccc(Br)cc3c2=O)c(C)n1-c1ccc(OCc2cccc([N+](=O)[O-])c2)cc1. The van der Waals surface area contributed by atoms with E-state index in [1.807, 2.05) is 77.1 Å². The number of hydrogen-bond acceptors (Lipinski definition) is 6. The van der Waals surface area contributed by atoms with Gasteiger partial charge in [-0.1, -0.05) is 48.8 Å². The van der Waals surface area contributed by atoms with Gasteiger partial charge in [0, 0.05) is 44.7 Å². The van der Waals surface area contributed by atoms with Crippen molar-refractivity contribution in [2.75, 3.05) is 0 Å². The average molecular weight is 629 g/mol. The molecule has 0 atom stereocenters. The Morgan fingerprint density at radius 1 is 1.05 bits per heavy atom. The lowest BCUT2D eigenvalue weighted by Gasteiger charge is -2.20. The number of non-ortho nitro benzene ring substituents is 1. The van der Waals surface area contributed by atoms with Gasteiger partial charge in [0.25, 0.3) is 11.2 Å². The molecule has 2 heterocycles. The summed E-state index contributed by atoms with van der Waals surface area (Å²) in [6.07, 6.45) is 1.71. The van der Waals surface area contributed by atoms with E-state index in [1.165, 1.54) is 16.8 Å². The molecule has 0 saturated heterocycles. The Morgan fingerprint density at radius 3 is 2.48 bits per heavy atom. The summed E-state index contributed by atoms with van der Waals surface area (Å²) in [5.41, 5.74) is 4.54. The molecule has 10 heteroatoms. The summed E-state index contributed by atoms with van der Waals surface area (Å²) < 4.78 is 10.2. The third-order valence-electron chi connectivity index (χ3n) is 6.88. The highest BCUT2D eigenvalue weighted by molar-refractivity contribution is 9.10. The Labute approximate surface area is 251 Å². The van der Waals surface area contributed by atoms with E-state index in [4.69, 9.17) is 9.72 Å². The molecule has 9 nitrogen and oxygen atoms in total. The summed E-state index contributed by atoms with van der Waals surface area (Å²) in [5.74, 6) is 1.23. The average Bonchev–Trinajstić information content (AvgIpc) is 3.23. The number of ether oxygens (including phenoxy) is 1. The van der Waals surface area contributed by atoms with Crippen LogP contribution in [0.25, 0.3) is 16.6 Å². The van der Waals surface area contributed by atoms with Gasteiger partial charge in [0.1, 0.15) is 18.2 Å². The first-order valence-corrected chi connectivity index (χ1v) is 14.1. The van der Waals surface area contributed by atoms with Gasteiger partial charge in [-0.3, -0.25) is 14.9 Å². The molecule has 0 bridgehead atoms. The van der Waals surface area contributed by atoms with Crippen molar-refractivity contribution in [3.63, 3.8) is 0 Å². The number of benzene rings is 3. The van der Waals surface area contributed by atoms with Crippen molar-refractivity contribution in [2.24, 2.45) is 5.10 Å². The number of rotatable bonds is 7. The first kappa shape index (κ1) is 28.9. The fraction of sp³-hybridized carbons (Fsp3) is 0.219. The van der Waals surface area contributed by atoms with Crippen molar-refractivity contribution in [3.05, 3.63) is 126 Å². The Bertz CT molecular complexity index is 1900. The van der Waals surface area contributed by atoms with E-state index in [2.05, 4.69) is 25.6 Å². The van der Waals surface area contributed by atoms with Crippen LogP contribution < -0.4 is 10.3 Å². The molecule has 42 heavy (non-hydrogen) atoms. The molecule has 0 saturated carbocycles. The number of halogens is 1. The molecule has 0 spiro atoms. The highest BCUT2D eigenvalue weighted by Crippen LogP contribution is 2.25. The van der Waals surface area contributed by atoms with Crippen LogP contribution in [0.3, 0.4) is 0 Å². The lowest BCUT2D eigenvalue weighted by atomic mass is 9.95. The van der Waals surface area contributed by atoms with Crippen LogP contribution in [-0.4, -0.2) is 25.4 Å². The molecule has 2 aromatic heterocycles. The van der Waals surface area contributed by atoms with E-state index >= 15 is 0 Å². The summed E-state index contributed by atoms with van der Waals surface area (Å²) in [6.45, 7) is 10.3. The van der Waals surface area contributed by atoms with Crippen molar-refractivity contribution in [2.45, 2.75) is 46.6 Å². The zero-order chi connectivity index (χ0) is 30.2. The number of nitro groups is 1. The van der Waals surface area contributed by atoms with Crippen LogP contribution in [-0.2, 0) is 12.0 Å². The van der Waals surface area contributed by atoms with E-state index in [-0.39, 0.29) is 17.9 Å². The minimum Gasteiger partial charge on any atom is -0.489 e. The molecule has 0 unspecified atom stereocenters. The second-order valence-corrected chi connectivity index (χ2v) is 12.0. The lowest BCUT2D eigenvalue weighted by molar-refractivity contribution is -0.384. The molecule has 0 radical (unpaired) electrons. The number of hydrogen-bond donors (Lipinski definition) is 0. The topological polar surface area (TPSA) is 105 Å². The maximum absolute atomic E-state index is 13.5. The zero-order valence-electron chi connectivity index (χ0n) is 24.0. The Balaban J connectivity index is 1.42. The number of nitrogens with zero attached hydrogens (tertiary/aromatic N) is 5. The van der Waals surface area contributed by atoms with Crippen LogP contribution in [0.1, 0.15) is 49.1 Å². The van der Waals surface area contributed by atoms with E-state index in [0.29, 0.717) is 22.5 Å². The highest BCUT2D eigenvalue weighted by Gasteiger charge is 2.23. The van der Waals surface area contributed by atoms with Gasteiger partial charge < -0.3 is 9.30 Å². The van der Waals surface area contributed by atoms with Crippen molar-refractivity contribution >= 4 is 38.7 Å². The van der Waals surface area contributed by atoms with Crippen LogP contribution in [0, 0.1) is 24.0 Å². The van der Waals surface area contributed by atoms with Crippen molar-refractivity contribution in [1.29, 1.82) is 0 Å².